The van der Waals surface area contributed by atoms with Crippen LogP contribution < -0.4 is 9.47 Å². The highest BCUT2D eigenvalue weighted by atomic mass is 16.6. The molecule has 1 aliphatic carbocycles. The molecule has 3 fully saturated rings. The fraction of sp³-hybridized carbons (Fsp3) is 0.621. The SMILES string of the molecule is COc1ccc(/C=C/C(=O)O[C@@H]2CC[C@]3(CO3)C(C3(C)OC3CC=C(C)C)[C@@H]2OC)cc1OC(C)C. The van der Waals surface area contributed by atoms with E-state index >= 15 is 0 Å². The van der Waals surface area contributed by atoms with Gasteiger partial charge in [0.25, 0.3) is 0 Å². The smallest absolute Gasteiger partial charge is 0.331 e. The molecular formula is C29H40O7. The van der Waals surface area contributed by atoms with Crippen molar-refractivity contribution in [2.45, 2.75) is 89.5 Å². The Morgan fingerprint density at radius 3 is 2.58 bits per heavy atom. The average molecular weight is 501 g/mol. The highest BCUT2D eigenvalue weighted by Gasteiger charge is 2.72. The molecule has 4 rings (SSSR count). The van der Waals surface area contributed by atoms with Crippen molar-refractivity contribution < 1.29 is 33.2 Å². The summed E-state index contributed by atoms with van der Waals surface area (Å²) in [6.45, 7) is 10.9. The predicted octanol–water partition coefficient (Wildman–Crippen LogP) is 5.12. The lowest BCUT2D eigenvalue weighted by atomic mass is 9.68. The van der Waals surface area contributed by atoms with Crippen LogP contribution in [0.3, 0.4) is 0 Å². The molecule has 7 heteroatoms. The summed E-state index contributed by atoms with van der Waals surface area (Å²) >= 11 is 0. The van der Waals surface area contributed by atoms with Crippen LogP contribution in [-0.4, -0.2) is 62.4 Å². The molecule has 0 N–H and O–H groups in total. The largest absolute Gasteiger partial charge is 0.493 e. The average Bonchev–Trinajstić information content (AvgIpc) is 3.74. The van der Waals surface area contributed by atoms with Crippen molar-refractivity contribution >= 4 is 12.0 Å². The molecule has 0 radical (unpaired) electrons. The van der Waals surface area contributed by atoms with Crippen molar-refractivity contribution in [1.29, 1.82) is 0 Å². The first-order valence-corrected chi connectivity index (χ1v) is 12.8. The Kier molecular flexibility index (Phi) is 7.83. The molecule has 2 saturated heterocycles. The highest BCUT2D eigenvalue weighted by molar-refractivity contribution is 5.87. The number of benzene rings is 1. The Morgan fingerprint density at radius 2 is 1.97 bits per heavy atom. The molecule has 1 spiro atoms. The van der Waals surface area contributed by atoms with E-state index < -0.39 is 5.97 Å². The topological polar surface area (TPSA) is 79.1 Å². The summed E-state index contributed by atoms with van der Waals surface area (Å²) in [6, 6.07) is 5.55. The van der Waals surface area contributed by atoms with E-state index in [9.17, 15) is 4.79 Å². The van der Waals surface area contributed by atoms with Gasteiger partial charge >= 0.3 is 5.97 Å². The molecule has 1 saturated carbocycles. The molecule has 2 heterocycles. The zero-order valence-electron chi connectivity index (χ0n) is 22.5. The Balaban J connectivity index is 1.44. The van der Waals surface area contributed by atoms with Crippen LogP contribution in [0, 0.1) is 5.92 Å². The van der Waals surface area contributed by atoms with Crippen LogP contribution in [0.25, 0.3) is 6.08 Å². The normalized spacial score (nSPS) is 33.0. The van der Waals surface area contributed by atoms with E-state index in [1.165, 1.54) is 11.6 Å². The summed E-state index contributed by atoms with van der Waals surface area (Å²) in [5.74, 6) is 0.874. The molecule has 7 nitrogen and oxygen atoms in total. The van der Waals surface area contributed by atoms with Crippen LogP contribution in [0.2, 0.25) is 0 Å². The second kappa shape index (κ2) is 10.6. The van der Waals surface area contributed by atoms with Crippen molar-refractivity contribution in [1.82, 2.24) is 0 Å². The molecule has 6 atom stereocenters. The van der Waals surface area contributed by atoms with Gasteiger partial charge in [-0.1, -0.05) is 17.7 Å². The Morgan fingerprint density at radius 1 is 1.22 bits per heavy atom. The third-order valence-electron chi connectivity index (χ3n) is 7.47. The summed E-state index contributed by atoms with van der Waals surface area (Å²) in [5.41, 5.74) is 1.49. The van der Waals surface area contributed by atoms with Gasteiger partial charge in [0.15, 0.2) is 11.5 Å². The molecule has 0 aromatic heterocycles. The Hall–Kier alpha value is -2.35. The number of esters is 1. The summed E-state index contributed by atoms with van der Waals surface area (Å²) in [5, 5.41) is 0. The van der Waals surface area contributed by atoms with Crippen LogP contribution in [0.4, 0.5) is 0 Å². The van der Waals surface area contributed by atoms with E-state index in [1.807, 2.05) is 32.0 Å². The maximum absolute atomic E-state index is 12.8. The molecule has 36 heavy (non-hydrogen) atoms. The van der Waals surface area contributed by atoms with Gasteiger partial charge in [-0.3, -0.25) is 0 Å². The number of rotatable bonds is 10. The minimum absolute atomic E-state index is 0.00146. The molecule has 3 aliphatic rings. The van der Waals surface area contributed by atoms with Gasteiger partial charge in [0.2, 0.25) is 0 Å². The van der Waals surface area contributed by atoms with E-state index in [1.54, 1.807) is 20.3 Å². The molecule has 3 unspecified atom stereocenters. The van der Waals surface area contributed by atoms with Gasteiger partial charge in [-0.05, 0) is 77.7 Å². The fourth-order valence-corrected chi connectivity index (χ4v) is 5.57. The van der Waals surface area contributed by atoms with Gasteiger partial charge in [0.05, 0.1) is 31.8 Å². The third-order valence-corrected chi connectivity index (χ3v) is 7.47. The first kappa shape index (κ1) is 26.7. The fourth-order valence-electron chi connectivity index (χ4n) is 5.57. The van der Waals surface area contributed by atoms with Crippen molar-refractivity contribution in [3.05, 3.63) is 41.5 Å². The van der Waals surface area contributed by atoms with Gasteiger partial charge in [0.1, 0.15) is 23.4 Å². The first-order valence-electron chi connectivity index (χ1n) is 12.8. The summed E-state index contributed by atoms with van der Waals surface area (Å²) in [7, 11) is 3.28. The zero-order chi connectivity index (χ0) is 26.1. The number of methoxy groups -OCH3 is 2. The van der Waals surface area contributed by atoms with Crippen LogP contribution >= 0.6 is 0 Å². The lowest BCUT2D eigenvalue weighted by Gasteiger charge is -2.42. The van der Waals surface area contributed by atoms with Crippen LogP contribution in [0.15, 0.2) is 35.9 Å². The van der Waals surface area contributed by atoms with E-state index in [0.29, 0.717) is 24.5 Å². The number of carbonyl (C=O) groups excluding carboxylic acids is 1. The minimum atomic E-state index is -0.404. The van der Waals surface area contributed by atoms with Crippen molar-refractivity contribution in [2.24, 2.45) is 5.92 Å². The maximum Gasteiger partial charge on any atom is 0.331 e. The molecule has 2 aliphatic heterocycles. The second-order valence-electron chi connectivity index (χ2n) is 10.8. The maximum atomic E-state index is 12.8. The highest BCUT2D eigenvalue weighted by Crippen LogP contribution is 2.59. The van der Waals surface area contributed by atoms with Crippen LogP contribution in [-0.2, 0) is 23.7 Å². The van der Waals surface area contributed by atoms with Gasteiger partial charge < -0.3 is 28.4 Å². The molecule has 1 aromatic rings. The Bertz CT molecular complexity index is 1000. The quantitative estimate of drug-likeness (QED) is 0.191. The molecular weight excluding hydrogens is 460 g/mol. The van der Waals surface area contributed by atoms with E-state index in [-0.39, 0.29) is 41.5 Å². The molecule has 0 amide bonds. The number of epoxide rings is 2. The predicted molar refractivity (Wildman–Crippen MR) is 137 cm³/mol. The summed E-state index contributed by atoms with van der Waals surface area (Å²) in [6.07, 6.45) is 7.21. The number of carbonyl (C=O) groups is 1. The number of hydrogen-bond donors (Lipinski definition) is 0. The number of allylic oxidation sites excluding steroid dienone is 1. The first-order chi connectivity index (χ1) is 17.1. The van der Waals surface area contributed by atoms with Gasteiger partial charge in [-0.2, -0.15) is 0 Å². The van der Waals surface area contributed by atoms with Crippen LogP contribution in [0.5, 0.6) is 11.5 Å². The number of hydrogen-bond acceptors (Lipinski definition) is 7. The van der Waals surface area contributed by atoms with Crippen molar-refractivity contribution in [3.8, 4) is 11.5 Å². The lowest BCUT2D eigenvalue weighted by Crippen LogP contribution is -2.55. The summed E-state index contributed by atoms with van der Waals surface area (Å²) < 4.78 is 35.3. The zero-order valence-corrected chi connectivity index (χ0v) is 22.5. The van der Waals surface area contributed by atoms with Gasteiger partial charge in [-0.25, -0.2) is 4.79 Å². The number of ether oxygens (including phenoxy) is 6. The molecule has 1 aromatic carbocycles. The Labute approximate surface area is 214 Å². The third kappa shape index (κ3) is 5.63. The van der Waals surface area contributed by atoms with Crippen LogP contribution in [0.1, 0.15) is 59.4 Å². The van der Waals surface area contributed by atoms with Crippen molar-refractivity contribution in [3.63, 3.8) is 0 Å². The molecule has 198 valence electrons. The van der Waals surface area contributed by atoms with Gasteiger partial charge in [-0.15, -0.1) is 0 Å². The lowest BCUT2D eigenvalue weighted by molar-refractivity contribution is -0.166. The molecule has 0 bridgehead atoms. The standard InChI is InChI=1S/C29H40O7/c1-18(2)8-12-24-28(5,36-24)27-26(32-7)22(14-15-29(27)17-33-29)35-25(30)13-10-20-9-11-21(31-6)23(16-20)34-19(3)4/h8-11,13,16,19,22,24,26-27H,12,14-15,17H2,1-7H3/b13-10+/t22-,24?,26-,27?,28?,29+/m1/s1. The monoisotopic (exact) mass is 500 g/mol. The van der Waals surface area contributed by atoms with E-state index in [0.717, 1.165) is 18.4 Å². The van der Waals surface area contributed by atoms with E-state index in [4.69, 9.17) is 28.4 Å². The second-order valence-corrected chi connectivity index (χ2v) is 10.8. The van der Waals surface area contributed by atoms with Crippen molar-refractivity contribution in [2.75, 3.05) is 20.8 Å². The minimum Gasteiger partial charge on any atom is -0.493 e. The van der Waals surface area contributed by atoms with E-state index in [2.05, 4.69) is 26.8 Å². The van der Waals surface area contributed by atoms with Gasteiger partial charge in [0, 0.05) is 13.2 Å². The summed E-state index contributed by atoms with van der Waals surface area (Å²) in [4.78, 5) is 12.8.